The molecule has 8 heteroatoms. The van der Waals surface area contributed by atoms with Crippen molar-refractivity contribution in [3.63, 3.8) is 0 Å². The maximum atomic E-state index is 14.0. The molecule has 4 aromatic heterocycles. The smallest absolute Gasteiger partial charge is 0.187 e. The van der Waals surface area contributed by atoms with Crippen LogP contribution in [0.25, 0.3) is 54.9 Å². The Morgan fingerprint density at radius 1 is 0.692 bits per heavy atom. The van der Waals surface area contributed by atoms with E-state index in [1.165, 1.54) is 12.1 Å². The lowest BCUT2D eigenvalue weighted by Crippen LogP contribution is -1.97. The first-order valence-electron chi connectivity index (χ1n) is 12.5. The zero-order chi connectivity index (χ0) is 26.1. The summed E-state index contributed by atoms with van der Waals surface area (Å²) in [6, 6.07) is 28.9. The zero-order valence-corrected chi connectivity index (χ0v) is 20.7. The molecule has 4 aromatic carbocycles. The SMILES string of the molecule is Cc1ccc(-n2c3ccccc3c3ccc(Oc4ccc5c6ccc(F)cc6c6nnnn6c5c4)cc32)nc1. The number of ether oxygens (including phenoxy) is 1. The number of rotatable bonds is 3. The van der Waals surface area contributed by atoms with Crippen LogP contribution in [0.1, 0.15) is 5.56 Å². The highest BCUT2D eigenvalue weighted by Crippen LogP contribution is 2.36. The van der Waals surface area contributed by atoms with Crippen molar-refractivity contribution in [3.05, 3.63) is 109 Å². The van der Waals surface area contributed by atoms with Crippen molar-refractivity contribution in [2.45, 2.75) is 6.92 Å². The number of pyridine rings is 2. The third kappa shape index (κ3) is 3.28. The van der Waals surface area contributed by atoms with Crippen LogP contribution in [0.5, 0.6) is 11.5 Å². The molecule has 8 aromatic rings. The predicted molar refractivity (Wildman–Crippen MR) is 149 cm³/mol. The minimum Gasteiger partial charge on any atom is -0.457 e. The summed E-state index contributed by atoms with van der Waals surface area (Å²) >= 11 is 0. The van der Waals surface area contributed by atoms with E-state index in [4.69, 9.17) is 9.72 Å². The summed E-state index contributed by atoms with van der Waals surface area (Å²) in [7, 11) is 0. The molecule has 0 saturated carbocycles. The molecule has 0 unspecified atom stereocenters. The minimum absolute atomic E-state index is 0.333. The molecule has 0 atom stereocenters. The van der Waals surface area contributed by atoms with Crippen molar-refractivity contribution in [2.24, 2.45) is 0 Å². The van der Waals surface area contributed by atoms with Crippen LogP contribution in [0.3, 0.4) is 0 Å². The van der Waals surface area contributed by atoms with E-state index in [2.05, 4.69) is 44.4 Å². The van der Waals surface area contributed by atoms with Gasteiger partial charge in [0.25, 0.3) is 0 Å². The summed E-state index contributed by atoms with van der Waals surface area (Å²) in [5, 5.41) is 16.8. The molecule has 186 valence electrons. The molecule has 4 heterocycles. The quantitative estimate of drug-likeness (QED) is 0.236. The van der Waals surface area contributed by atoms with Gasteiger partial charge in [-0.3, -0.25) is 4.57 Å². The second kappa shape index (κ2) is 8.06. The van der Waals surface area contributed by atoms with Crippen molar-refractivity contribution in [3.8, 4) is 17.3 Å². The molecular formula is C31H19FN6O. The van der Waals surface area contributed by atoms with E-state index in [1.54, 1.807) is 10.6 Å². The largest absolute Gasteiger partial charge is 0.457 e. The van der Waals surface area contributed by atoms with Crippen molar-refractivity contribution < 1.29 is 9.13 Å². The number of para-hydroxylation sites is 1. The van der Waals surface area contributed by atoms with Crippen LogP contribution in [-0.4, -0.2) is 29.6 Å². The van der Waals surface area contributed by atoms with Gasteiger partial charge in [-0.2, -0.15) is 4.52 Å². The topological polar surface area (TPSA) is 70.1 Å². The van der Waals surface area contributed by atoms with E-state index >= 15 is 0 Å². The van der Waals surface area contributed by atoms with Gasteiger partial charge in [-0.25, -0.2) is 9.37 Å². The van der Waals surface area contributed by atoms with Crippen LogP contribution >= 0.6 is 0 Å². The van der Waals surface area contributed by atoms with Gasteiger partial charge in [0.05, 0.1) is 16.6 Å². The summed E-state index contributed by atoms with van der Waals surface area (Å²) in [5.41, 5.74) is 4.45. The molecule has 0 aliphatic heterocycles. The molecule has 0 saturated heterocycles. The number of benzene rings is 4. The Balaban J connectivity index is 1.29. The van der Waals surface area contributed by atoms with Crippen LogP contribution in [0.2, 0.25) is 0 Å². The fourth-order valence-corrected chi connectivity index (χ4v) is 5.42. The van der Waals surface area contributed by atoms with Crippen LogP contribution in [-0.2, 0) is 0 Å². The first-order valence-corrected chi connectivity index (χ1v) is 12.5. The highest BCUT2D eigenvalue weighted by molar-refractivity contribution is 6.12. The fourth-order valence-electron chi connectivity index (χ4n) is 5.42. The highest BCUT2D eigenvalue weighted by Gasteiger charge is 2.16. The Labute approximate surface area is 220 Å². The summed E-state index contributed by atoms with van der Waals surface area (Å²) in [6.45, 7) is 2.03. The van der Waals surface area contributed by atoms with Crippen molar-refractivity contribution in [1.82, 2.24) is 29.6 Å². The number of aryl methyl sites for hydroxylation is 1. The molecule has 0 bridgehead atoms. The number of tetrazole rings is 1. The van der Waals surface area contributed by atoms with Gasteiger partial charge in [-0.05, 0) is 76.8 Å². The molecule has 39 heavy (non-hydrogen) atoms. The first-order chi connectivity index (χ1) is 19.1. The van der Waals surface area contributed by atoms with Crippen LogP contribution < -0.4 is 4.74 Å². The normalized spacial score (nSPS) is 11.8. The van der Waals surface area contributed by atoms with Gasteiger partial charge >= 0.3 is 0 Å². The van der Waals surface area contributed by atoms with Gasteiger partial charge < -0.3 is 4.74 Å². The minimum atomic E-state index is -0.333. The Kier molecular flexibility index (Phi) is 4.48. The molecular weight excluding hydrogens is 491 g/mol. The Bertz CT molecular complexity index is 2230. The van der Waals surface area contributed by atoms with Crippen LogP contribution in [0.4, 0.5) is 4.39 Å². The monoisotopic (exact) mass is 510 g/mol. The van der Waals surface area contributed by atoms with Gasteiger partial charge in [-0.1, -0.05) is 30.3 Å². The number of aromatic nitrogens is 6. The fraction of sp³-hybridized carbons (Fsp3) is 0.0323. The van der Waals surface area contributed by atoms with E-state index < -0.39 is 0 Å². The Morgan fingerprint density at radius 2 is 1.44 bits per heavy atom. The van der Waals surface area contributed by atoms with Crippen LogP contribution in [0.15, 0.2) is 97.2 Å². The molecule has 0 aliphatic rings. The second-order valence-electron chi connectivity index (χ2n) is 9.61. The average molecular weight is 511 g/mol. The van der Waals surface area contributed by atoms with E-state index in [1.807, 2.05) is 61.7 Å². The number of hydrogen-bond donors (Lipinski definition) is 0. The molecule has 0 radical (unpaired) electrons. The van der Waals surface area contributed by atoms with E-state index in [9.17, 15) is 4.39 Å². The highest BCUT2D eigenvalue weighted by atomic mass is 19.1. The standard InChI is InChI=1S/C31H19FN6O/c1-18-6-13-30(33-17-18)37-27-5-3-2-4-23(27)25-12-9-20(15-28(25)37)39-21-8-11-24-22-10-7-19(32)14-26(22)31-34-35-36-38(31)29(24)16-21/h2-17H,1H3. The zero-order valence-electron chi connectivity index (χ0n) is 20.7. The van der Waals surface area contributed by atoms with E-state index in [0.29, 0.717) is 22.5 Å². The molecule has 8 rings (SSSR count). The van der Waals surface area contributed by atoms with Gasteiger partial charge in [-0.15, -0.1) is 5.10 Å². The number of hydrogen-bond acceptors (Lipinski definition) is 5. The Hall–Kier alpha value is -5.37. The van der Waals surface area contributed by atoms with E-state index in [-0.39, 0.29) is 5.82 Å². The average Bonchev–Trinajstić information content (AvgIpc) is 3.57. The van der Waals surface area contributed by atoms with Gasteiger partial charge in [0.2, 0.25) is 0 Å². The van der Waals surface area contributed by atoms with Crippen LogP contribution in [0, 0.1) is 12.7 Å². The maximum absolute atomic E-state index is 14.0. The number of halogens is 1. The van der Waals surface area contributed by atoms with Crippen molar-refractivity contribution in [1.29, 1.82) is 0 Å². The predicted octanol–water partition coefficient (Wildman–Crippen LogP) is 7.16. The third-order valence-corrected chi connectivity index (χ3v) is 7.19. The van der Waals surface area contributed by atoms with Gasteiger partial charge in [0.15, 0.2) is 5.65 Å². The molecule has 0 N–H and O–H groups in total. The lowest BCUT2D eigenvalue weighted by molar-refractivity contribution is 0.484. The summed E-state index contributed by atoms with van der Waals surface area (Å²) < 4.78 is 24.2. The first kappa shape index (κ1) is 21.7. The third-order valence-electron chi connectivity index (χ3n) is 7.19. The second-order valence-corrected chi connectivity index (χ2v) is 9.61. The van der Waals surface area contributed by atoms with Gasteiger partial charge in [0, 0.05) is 39.9 Å². The van der Waals surface area contributed by atoms with E-state index in [0.717, 1.165) is 49.5 Å². The van der Waals surface area contributed by atoms with Crippen molar-refractivity contribution in [2.75, 3.05) is 0 Å². The molecule has 0 aliphatic carbocycles. The Morgan fingerprint density at radius 3 is 2.26 bits per heavy atom. The summed E-state index contributed by atoms with van der Waals surface area (Å²) in [6.07, 6.45) is 1.88. The lowest BCUT2D eigenvalue weighted by Gasteiger charge is -2.11. The summed E-state index contributed by atoms with van der Waals surface area (Å²) in [4.78, 5) is 4.70. The molecule has 0 amide bonds. The lowest BCUT2D eigenvalue weighted by atomic mass is 10.1. The molecule has 0 spiro atoms. The number of fused-ring (bicyclic) bond motifs is 9. The molecule has 7 nitrogen and oxygen atoms in total. The maximum Gasteiger partial charge on any atom is 0.187 e. The summed E-state index contributed by atoms with van der Waals surface area (Å²) in [5.74, 6) is 1.84. The van der Waals surface area contributed by atoms with Crippen molar-refractivity contribution >= 4 is 49.1 Å². The van der Waals surface area contributed by atoms with Gasteiger partial charge in [0.1, 0.15) is 23.1 Å². The molecule has 0 fully saturated rings. The number of nitrogens with zero attached hydrogens (tertiary/aromatic N) is 6.